The van der Waals surface area contributed by atoms with Crippen molar-refractivity contribution in [2.45, 2.75) is 17.3 Å². The largest absolute Gasteiger partial charge is 0.497 e. The fourth-order valence-corrected chi connectivity index (χ4v) is 3.93. The number of aromatic nitrogens is 2. The normalized spacial score (nSPS) is 10.4. The SMILES string of the molecule is COc1ccc(CCNC(=O)Nc2nnc(SCC(=O)NCc3ccco3)s2)cc1. The number of hydrogen-bond acceptors (Lipinski definition) is 8. The highest BCUT2D eigenvalue weighted by molar-refractivity contribution is 8.01. The summed E-state index contributed by atoms with van der Waals surface area (Å²) in [5.74, 6) is 1.54. The van der Waals surface area contributed by atoms with E-state index in [0.717, 1.165) is 11.3 Å². The molecule has 1 aromatic carbocycles. The van der Waals surface area contributed by atoms with E-state index >= 15 is 0 Å². The first-order valence-corrected chi connectivity index (χ1v) is 10.9. The molecular formula is C19H21N5O4S2. The Balaban J connectivity index is 1.33. The number of rotatable bonds is 10. The number of thioether (sulfide) groups is 1. The van der Waals surface area contributed by atoms with Crippen molar-refractivity contribution >= 4 is 40.2 Å². The van der Waals surface area contributed by atoms with Crippen molar-refractivity contribution in [2.24, 2.45) is 0 Å². The molecule has 0 spiro atoms. The van der Waals surface area contributed by atoms with E-state index in [0.29, 0.717) is 34.7 Å². The number of methoxy groups -OCH3 is 1. The molecule has 0 saturated carbocycles. The van der Waals surface area contributed by atoms with Gasteiger partial charge in [-0.1, -0.05) is 35.2 Å². The number of anilines is 1. The molecule has 3 aromatic rings. The average molecular weight is 448 g/mol. The molecule has 158 valence electrons. The van der Waals surface area contributed by atoms with Gasteiger partial charge in [-0.2, -0.15) is 0 Å². The maximum Gasteiger partial charge on any atom is 0.321 e. The number of furan rings is 1. The molecular weight excluding hydrogens is 426 g/mol. The monoisotopic (exact) mass is 447 g/mol. The zero-order valence-corrected chi connectivity index (χ0v) is 17.8. The highest BCUT2D eigenvalue weighted by Crippen LogP contribution is 2.25. The van der Waals surface area contributed by atoms with Crippen molar-refractivity contribution in [2.75, 3.05) is 24.7 Å². The summed E-state index contributed by atoms with van der Waals surface area (Å²) in [6.07, 6.45) is 2.25. The Morgan fingerprint density at radius 1 is 1.17 bits per heavy atom. The molecule has 0 aliphatic carbocycles. The Hall–Kier alpha value is -3.05. The molecule has 0 aliphatic heterocycles. The second-order valence-electron chi connectivity index (χ2n) is 6.00. The number of ether oxygens (including phenoxy) is 1. The first kappa shape index (κ1) is 21.7. The molecule has 9 nitrogen and oxygen atoms in total. The summed E-state index contributed by atoms with van der Waals surface area (Å²) in [7, 11) is 1.62. The summed E-state index contributed by atoms with van der Waals surface area (Å²) < 4.78 is 10.9. The van der Waals surface area contributed by atoms with Gasteiger partial charge in [0.1, 0.15) is 11.5 Å². The van der Waals surface area contributed by atoms with E-state index < -0.39 is 0 Å². The number of urea groups is 1. The minimum absolute atomic E-state index is 0.141. The molecule has 0 fully saturated rings. The topological polar surface area (TPSA) is 118 Å². The van der Waals surface area contributed by atoms with Crippen LogP contribution in [0.4, 0.5) is 9.93 Å². The molecule has 30 heavy (non-hydrogen) atoms. The lowest BCUT2D eigenvalue weighted by Gasteiger charge is -2.06. The van der Waals surface area contributed by atoms with Crippen molar-refractivity contribution in [3.8, 4) is 5.75 Å². The van der Waals surface area contributed by atoms with E-state index in [9.17, 15) is 9.59 Å². The molecule has 0 atom stereocenters. The van der Waals surface area contributed by atoms with Crippen LogP contribution in [0.1, 0.15) is 11.3 Å². The number of nitrogens with one attached hydrogen (secondary N) is 3. The third-order valence-electron chi connectivity index (χ3n) is 3.85. The number of carbonyl (C=O) groups excluding carboxylic acids is 2. The van der Waals surface area contributed by atoms with Crippen molar-refractivity contribution in [3.63, 3.8) is 0 Å². The van der Waals surface area contributed by atoms with Gasteiger partial charge in [-0.25, -0.2) is 4.79 Å². The molecule has 3 amide bonds. The molecule has 2 aromatic heterocycles. The number of nitrogens with zero attached hydrogens (tertiary/aromatic N) is 2. The minimum Gasteiger partial charge on any atom is -0.497 e. The van der Waals surface area contributed by atoms with Crippen LogP contribution in [0.5, 0.6) is 5.75 Å². The summed E-state index contributed by atoms with van der Waals surface area (Å²) in [6, 6.07) is 10.9. The number of benzene rings is 1. The van der Waals surface area contributed by atoms with Crippen LogP contribution in [0, 0.1) is 0 Å². The Bertz CT molecular complexity index is 944. The van der Waals surface area contributed by atoms with Gasteiger partial charge in [0.2, 0.25) is 11.0 Å². The Labute approximate surface area is 181 Å². The van der Waals surface area contributed by atoms with Gasteiger partial charge in [0, 0.05) is 6.54 Å². The minimum atomic E-state index is -0.354. The Morgan fingerprint density at radius 2 is 2.00 bits per heavy atom. The Morgan fingerprint density at radius 3 is 2.73 bits per heavy atom. The summed E-state index contributed by atoms with van der Waals surface area (Å²) in [5.41, 5.74) is 1.09. The molecule has 0 radical (unpaired) electrons. The number of amides is 3. The van der Waals surface area contributed by atoms with Gasteiger partial charge in [-0.3, -0.25) is 10.1 Å². The third-order valence-corrected chi connectivity index (χ3v) is 5.82. The Kier molecular flexibility index (Phi) is 8.10. The van der Waals surface area contributed by atoms with Crippen molar-refractivity contribution in [1.29, 1.82) is 0 Å². The zero-order valence-electron chi connectivity index (χ0n) is 16.2. The van der Waals surface area contributed by atoms with E-state index in [1.807, 2.05) is 24.3 Å². The van der Waals surface area contributed by atoms with Crippen LogP contribution in [0.2, 0.25) is 0 Å². The lowest BCUT2D eigenvalue weighted by Crippen LogP contribution is -2.30. The van der Waals surface area contributed by atoms with E-state index in [1.165, 1.54) is 23.1 Å². The van der Waals surface area contributed by atoms with Gasteiger partial charge < -0.3 is 19.8 Å². The maximum atomic E-state index is 12.0. The molecule has 0 aliphatic rings. The third kappa shape index (κ3) is 7.08. The van der Waals surface area contributed by atoms with Gasteiger partial charge in [0.25, 0.3) is 0 Å². The molecule has 11 heteroatoms. The first-order valence-electron chi connectivity index (χ1n) is 9.05. The van der Waals surface area contributed by atoms with Crippen LogP contribution in [-0.2, 0) is 17.8 Å². The second-order valence-corrected chi connectivity index (χ2v) is 8.20. The fraction of sp³-hybridized carbons (Fsp3) is 0.263. The number of carbonyl (C=O) groups is 2. The van der Waals surface area contributed by atoms with Gasteiger partial charge >= 0.3 is 6.03 Å². The number of hydrogen-bond donors (Lipinski definition) is 3. The maximum absolute atomic E-state index is 12.0. The van der Waals surface area contributed by atoms with Gasteiger partial charge in [-0.15, -0.1) is 10.2 Å². The lowest BCUT2D eigenvalue weighted by molar-refractivity contribution is -0.118. The van der Waals surface area contributed by atoms with Crippen LogP contribution in [0.3, 0.4) is 0 Å². The van der Waals surface area contributed by atoms with E-state index in [4.69, 9.17) is 9.15 Å². The summed E-state index contributed by atoms with van der Waals surface area (Å²) in [6.45, 7) is 0.820. The quantitative estimate of drug-likeness (QED) is 0.323. The first-order chi connectivity index (χ1) is 14.6. The van der Waals surface area contributed by atoms with Crippen LogP contribution in [0.25, 0.3) is 0 Å². The van der Waals surface area contributed by atoms with E-state index in [2.05, 4.69) is 26.1 Å². The molecule has 3 rings (SSSR count). The van der Waals surface area contributed by atoms with Crippen LogP contribution < -0.4 is 20.7 Å². The van der Waals surface area contributed by atoms with Crippen LogP contribution in [0.15, 0.2) is 51.4 Å². The van der Waals surface area contributed by atoms with E-state index in [-0.39, 0.29) is 17.7 Å². The van der Waals surface area contributed by atoms with Gasteiger partial charge in [-0.05, 0) is 36.2 Å². The predicted octanol–water partition coefficient (Wildman–Crippen LogP) is 2.91. The van der Waals surface area contributed by atoms with Gasteiger partial charge in [0.05, 0.1) is 25.7 Å². The molecule has 3 N–H and O–H groups in total. The standard InChI is InChI=1S/C19H21N5O4S2/c1-27-14-6-4-13(5-7-14)8-9-20-17(26)22-18-23-24-19(30-18)29-12-16(25)21-11-15-3-2-10-28-15/h2-7,10H,8-9,11-12H2,1H3,(H,21,25)(H2,20,22,23,26). The second kappa shape index (κ2) is 11.2. The zero-order chi connectivity index (χ0) is 21.2. The molecule has 0 unspecified atom stereocenters. The molecule has 0 saturated heterocycles. The summed E-state index contributed by atoms with van der Waals surface area (Å²) in [5, 5.41) is 16.4. The molecule has 0 bridgehead atoms. The fourth-order valence-electron chi connectivity index (χ4n) is 2.35. The van der Waals surface area contributed by atoms with Crippen molar-refractivity contribution < 1.29 is 18.7 Å². The molecule has 2 heterocycles. The summed E-state index contributed by atoms with van der Waals surface area (Å²) >= 11 is 2.46. The van der Waals surface area contributed by atoms with Crippen molar-refractivity contribution in [3.05, 3.63) is 54.0 Å². The average Bonchev–Trinajstić information content (AvgIpc) is 3.43. The van der Waals surface area contributed by atoms with Crippen molar-refractivity contribution in [1.82, 2.24) is 20.8 Å². The van der Waals surface area contributed by atoms with Crippen LogP contribution in [-0.4, -0.2) is 41.5 Å². The summed E-state index contributed by atoms with van der Waals surface area (Å²) in [4.78, 5) is 23.9. The highest BCUT2D eigenvalue weighted by atomic mass is 32.2. The smallest absolute Gasteiger partial charge is 0.321 e. The van der Waals surface area contributed by atoms with E-state index in [1.54, 1.807) is 25.5 Å². The lowest BCUT2D eigenvalue weighted by atomic mass is 10.1. The van der Waals surface area contributed by atoms with Crippen LogP contribution >= 0.6 is 23.1 Å². The highest BCUT2D eigenvalue weighted by Gasteiger charge is 2.10. The van der Waals surface area contributed by atoms with Gasteiger partial charge in [0.15, 0.2) is 4.34 Å². The predicted molar refractivity (Wildman–Crippen MR) is 115 cm³/mol.